The number of carbonyl (C=O) groups is 2. The first kappa shape index (κ1) is 17.7. The van der Waals surface area contributed by atoms with Crippen molar-refractivity contribution in [2.24, 2.45) is 5.73 Å². The summed E-state index contributed by atoms with van der Waals surface area (Å²) >= 11 is 3.20. The van der Waals surface area contributed by atoms with Gasteiger partial charge in [-0.1, -0.05) is 15.9 Å². The van der Waals surface area contributed by atoms with E-state index in [1.54, 1.807) is 13.0 Å². The molecule has 23 heavy (non-hydrogen) atoms. The Balaban J connectivity index is 1.90. The SMILES string of the molecule is CC(=O)N1CCN(CCNc2cc(Br)cc(F)c2C(N)=O)CC1. The van der Waals surface area contributed by atoms with E-state index in [4.69, 9.17) is 5.73 Å². The lowest BCUT2D eigenvalue weighted by Crippen LogP contribution is -2.49. The topological polar surface area (TPSA) is 78.7 Å². The predicted octanol–water partition coefficient (Wildman–Crippen LogP) is 1.26. The number of nitrogens with two attached hydrogens (primary N) is 1. The summed E-state index contributed by atoms with van der Waals surface area (Å²) in [5, 5.41) is 3.06. The molecule has 6 nitrogen and oxygen atoms in total. The second kappa shape index (κ2) is 7.74. The summed E-state index contributed by atoms with van der Waals surface area (Å²) in [6, 6.07) is 2.85. The average Bonchev–Trinajstić information content (AvgIpc) is 2.46. The first-order valence-corrected chi connectivity index (χ1v) is 8.18. The van der Waals surface area contributed by atoms with Crippen molar-refractivity contribution in [2.75, 3.05) is 44.6 Å². The van der Waals surface area contributed by atoms with Crippen molar-refractivity contribution < 1.29 is 14.0 Å². The fourth-order valence-corrected chi connectivity index (χ4v) is 3.03. The van der Waals surface area contributed by atoms with Crippen LogP contribution in [0.5, 0.6) is 0 Å². The Bertz CT molecular complexity index is 603. The van der Waals surface area contributed by atoms with Gasteiger partial charge in [0.2, 0.25) is 5.91 Å². The molecule has 2 rings (SSSR count). The molecule has 0 spiro atoms. The van der Waals surface area contributed by atoms with Gasteiger partial charge in [0.1, 0.15) is 5.82 Å². The van der Waals surface area contributed by atoms with Gasteiger partial charge in [0.05, 0.1) is 11.3 Å². The molecular weight excluding hydrogens is 367 g/mol. The Hall–Kier alpha value is -1.67. The van der Waals surface area contributed by atoms with Gasteiger partial charge in [-0.25, -0.2) is 4.39 Å². The fraction of sp³-hybridized carbons (Fsp3) is 0.467. The van der Waals surface area contributed by atoms with Gasteiger partial charge in [0.25, 0.3) is 5.91 Å². The summed E-state index contributed by atoms with van der Waals surface area (Å²) in [6.45, 7) is 5.90. The molecule has 1 fully saturated rings. The molecule has 1 heterocycles. The molecule has 1 aliphatic heterocycles. The van der Waals surface area contributed by atoms with Crippen molar-refractivity contribution in [1.82, 2.24) is 9.80 Å². The van der Waals surface area contributed by atoms with E-state index in [9.17, 15) is 14.0 Å². The molecule has 2 amide bonds. The van der Waals surface area contributed by atoms with Gasteiger partial charge in [0, 0.05) is 50.7 Å². The molecule has 1 saturated heterocycles. The normalized spacial score (nSPS) is 15.5. The number of piperazine rings is 1. The number of nitrogens with one attached hydrogen (secondary N) is 1. The zero-order valence-corrected chi connectivity index (χ0v) is 14.5. The van der Waals surface area contributed by atoms with E-state index in [0.717, 1.165) is 19.6 Å². The minimum absolute atomic E-state index is 0.0958. The summed E-state index contributed by atoms with van der Waals surface area (Å²) in [5.41, 5.74) is 5.49. The summed E-state index contributed by atoms with van der Waals surface area (Å²) in [6.07, 6.45) is 0. The van der Waals surface area contributed by atoms with Crippen molar-refractivity contribution in [3.63, 3.8) is 0 Å². The van der Waals surface area contributed by atoms with E-state index in [0.29, 0.717) is 29.8 Å². The highest BCUT2D eigenvalue weighted by Gasteiger charge is 2.19. The van der Waals surface area contributed by atoms with Crippen molar-refractivity contribution in [1.29, 1.82) is 0 Å². The number of primary amides is 1. The van der Waals surface area contributed by atoms with Crippen molar-refractivity contribution in [3.05, 3.63) is 28.0 Å². The number of hydrogen-bond donors (Lipinski definition) is 2. The number of nitrogens with zero attached hydrogens (tertiary/aromatic N) is 2. The maximum atomic E-state index is 13.8. The fourth-order valence-electron chi connectivity index (χ4n) is 2.60. The van der Waals surface area contributed by atoms with Crippen LogP contribution in [0.15, 0.2) is 16.6 Å². The predicted molar refractivity (Wildman–Crippen MR) is 89.8 cm³/mol. The highest BCUT2D eigenvalue weighted by atomic mass is 79.9. The van der Waals surface area contributed by atoms with Crippen LogP contribution in [0.3, 0.4) is 0 Å². The Morgan fingerprint density at radius 1 is 1.30 bits per heavy atom. The number of benzene rings is 1. The van der Waals surface area contributed by atoms with Crippen molar-refractivity contribution in [2.45, 2.75) is 6.92 Å². The number of amides is 2. The zero-order chi connectivity index (χ0) is 17.0. The van der Waals surface area contributed by atoms with E-state index < -0.39 is 11.7 Å². The Morgan fingerprint density at radius 2 is 1.96 bits per heavy atom. The van der Waals surface area contributed by atoms with Crippen LogP contribution < -0.4 is 11.1 Å². The molecule has 0 unspecified atom stereocenters. The third kappa shape index (κ3) is 4.65. The number of anilines is 1. The monoisotopic (exact) mass is 386 g/mol. The third-order valence-corrected chi connectivity index (χ3v) is 4.32. The Labute approximate surface area is 142 Å². The van der Waals surface area contributed by atoms with E-state index in [1.807, 2.05) is 4.90 Å². The molecule has 1 aromatic rings. The van der Waals surface area contributed by atoms with Crippen LogP contribution in [-0.2, 0) is 4.79 Å². The second-order valence-electron chi connectivity index (χ2n) is 5.45. The van der Waals surface area contributed by atoms with Crippen LogP contribution in [0.25, 0.3) is 0 Å². The lowest BCUT2D eigenvalue weighted by molar-refractivity contribution is -0.130. The largest absolute Gasteiger partial charge is 0.383 e. The van der Waals surface area contributed by atoms with Crippen LogP contribution in [0, 0.1) is 5.82 Å². The van der Waals surface area contributed by atoms with Crippen molar-refractivity contribution >= 4 is 33.4 Å². The minimum atomic E-state index is -0.799. The van der Waals surface area contributed by atoms with Gasteiger partial charge >= 0.3 is 0 Å². The zero-order valence-electron chi connectivity index (χ0n) is 12.9. The first-order chi connectivity index (χ1) is 10.9. The van der Waals surface area contributed by atoms with Crippen LogP contribution in [0.1, 0.15) is 17.3 Å². The highest BCUT2D eigenvalue weighted by Crippen LogP contribution is 2.24. The number of halogens is 2. The average molecular weight is 387 g/mol. The highest BCUT2D eigenvalue weighted by molar-refractivity contribution is 9.10. The van der Waals surface area contributed by atoms with Gasteiger partial charge in [-0.05, 0) is 12.1 Å². The second-order valence-corrected chi connectivity index (χ2v) is 6.36. The molecule has 0 saturated carbocycles. The number of carbonyl (C=O) groups excluding carboxylic acids is 2. The van der Waals surface area contributed by atoms with Crippen LogP contribution in [0.2, 0.25) is 0 Å². The maximum Gasteiger partial charge on any atom is 0.253 e. The molecule has 0 bridgehead atoms. The van der Waals surface area contributed by atoms with Gasteiger partial charge in [-0.15, -0.1) is 0 Å². The number of rotatable bonds is 5. The van der Waals surface area contributed by atoms with E-state index in [-0.39, 0.29) is 11.5 Å². The molecule has 3 N–H and O–H groups in total. The van der Waals surface area contributed by atoms with E-state index >= 15 is 0 Å². The van der Waals surface area contributed by atoms with Crippen molar-refractivity contribution in [3.8, 4) is 0 Å². The summed E-state index contributed by atoms with van der Waals surface area (Å²) in [4.78, 5) is 26.7. The maximum absolute atomic E-state index is 13.8. The smallest absolute Gasteiger partial charge is 0.253 e. The summed E-state index contributed by atoms with van der Waals surface area (Å²) < 4.78 is 14.4. The summed E-state index contributed by atoms with van der Waals surface area (Å²) in [7, 11) is 0. The Kier molecular flexibility index (Phi) is 5.95. The molecule has 1 aromatic carbocycles. The van der Waals surface area contributed by atoms with Gasteiger partial charge in [0.15, 0.2) is 0 Å². The van der Waals surface area contributed by atoms with Crippen LogP contribution in [0.4, 0.5) is 10.1 Å². The lowest BCUT2D eigenvalue weighted by atomic mass is 10.1. The third-order valence-electron chi connectivity index (χ3n) is 3.86. The molecule has 0 atom stereocenters. The van der Waals surface area contributed by atoms with Gasteiger partial charge < -0.3 is 16.0 Å². The van der Waals surface area contributed by atoms with Crippen LogP contribution in [-0.4, -0.2) is 60.9 Å². The van der Waals surface area contributed by atoms with E-state index in [1.165, 1.54) is 6.07 Å². The molecule has 0 radical (unpaired) electrons. The van der Waals surface area contributed by atoms with Gasteiger partial charge in [-0.3, -0.25) is 14.5 Å². The standard InChI is InChI=1S/C15H20BrFN4O2/c1-10(22)21-6-4-20(5-7-21)3-2-19-13-9-11(16)8-12(17)14(13)15(18)23/h8-9,19H,2-7H2,1H3,(H2,18,23). The lowest BCUT2D eigenvalue weighted by Gasteiger charge is -2.34. The Morgan fingerprint density at radius 3 is 2.52 bits per heavy atom. The quantitative estimate of drug-likeness (QED) is 0.798. The van der Waals surface area contributed by atoms with Gasteiger partial charge in [-0.2, -0.15) is 0 Å². The molecule has 0 aromatic heterocycles. The molecule has 0 aliphatic carbocycles. The minimum Gasteiger partial charge on any atom is -0.383 e. The number of hydrogen-bond acceptors (Lipinski definition) is 4. The first-order valence-electron chi connectivity index (χ1n) is 7.39. The molecule has 8 heteroatoms. The van der Waals surface area contributed by atoms with Crippen LogP contribution >= 0.6 is 15.9 Å². The molecule has 1 aliphatic rings. The molecular formula is C15H20BrFN4O2. The molecule has 126 valence electrons. The van der Waals surface area contributed by atoms with E-state index in [2.05, 4.69) is 26.1 Å². The summed E-state index contributed by atoms with van der Waals surface area (Å²) in [5.74, 6) is -1.35.